The summed E-state index contributed by atoms with van der Waals surface area (Å²) >= 11 is 0. The molecule has 4 rings (SSSR count). The molecule has 154 valence electrons. The molecule has 0 spiro atoms. The number of halogens is 1. The average Bonchev–Trinajstić information content (AvgIpc) is 3.45. The molecule has 0 radical (unpaired) electrons. The van der Waals surface area contributed by atoms with Crippen molar-refractivity contribution in [2.24, 2.45) is 0 Å². The topological polar surface area (TPSA) is 69.3 Å². The van der Waals surface area contributed by atoms with Gasteiger partial charge in [-0.15, -0.1) is 0 Å². The van der Waals surface area contributed by atoms with Crippen molar-refractivity contribution < 1.29 is 14.0 Å². The summed E-state index contributed by atoms with van der Waals surface area (Å²) in [6.45, 7) is 2.87. The van der Waals surface area contributed by atoms with Crippen molar-refractivity contribution in [2.75, 3.05) is 26.2 Å². The van der Waals surface area contributed by atoms with Crippen LogP contribution in [-0.4, -0.2) is 58.0 Å². The molecule has 2 amide bonds. The number of piperidine rings is 1. The Hall–Kier alpha value is -2.70. The molecular weight excluding hydrogens is 371 g/mol. The van der Waals surface area contributed by atoms with Crippen LogP contribution in [-0.2, 0) is 11.2 Å². The lowest BCUT2D eigenvalue weighted by Gasteiger charge is -2.33. The minimum absolute atomic E-state index is 0.0323. The zero-order valence-corrected chi connectivity index (χ0v) is 16.6. The highest BCUT2D eigenvalue weighted by Gasteiger charge is 2.30. The van der Waals surface area contributed by atoms with Crippen LogP contribution in [0.5, 0.6) is 0 Å². The fourth-order valence-electron chi connectivity index (χ4n) is 4.41. The highest BCUT2D eigenvalue weighted by Crippen LogP contribution is 2.29. The third-order valence-electron chi connectivity index (χ3n) is 6.04. The Bertz CT molecular complexity index is 875. The number of aromatic nitrogens is 2. The maximum atomic E-state index is 13.8. The van der Waals surface area contributed by atoms with Crippen LogP contribution in [0.3, 0.4) is 0 Å². The van der Waals surface area contributed by atoms with E-state index >= 15 is 0 Å². The van der Waals surface area contributed by atoms with E-state index in [0.717, 1.165) is 44.5 Å². The molecule has 0 bridgehead atoms. The molecule has 7 heteroatoms. The summed E-state index contributed by atoms with van der Waals surface area (Å²) in [5, 5.41) is 7.15. The first-order chi connectivity index (χ1) is 14.1. The third-order valence-corrected chi connectivity index (χ3v) is 6.04. The Morgan fingerprint density at radius 3 is 2.66 bits per heavy atom. The lowest BCUT2D eigenvalue weighted by Crippen LogP contribution is -2.40. The second-order valence-corrected chi connectivity index (χ2v) is 7.97. The molecular formula is C22H27FN4O2. The number of rotatable bonds is 5. The van der Waals surface area contributed by atoms with E-state index in [4.69, 9.17) is 0 Å². The van der Waals surface area contributed by atoms with Crippen LogP contribution >= 0.6 is 0 Å². The van der Waals surface area contributed by atoms with Gasteiger partial charge in [0.15, 0.2) is 0 Å². The number of nitrogens with zero attached hydrogens (tertiary/aromatic N) is 3. The van der Waals surface area contributed by atoms with E-state index in [1.165, 1.54) is 6.07 Å². The molecule has 29 heavy (non-hydrogen) atoms. The largest absolute Gasteiger partial charge is 0.342 e. The number of hydrogen-bond donors (Lipinski definition) is 1. The fraction of sp³-hybridized carbons (Fsp3) is 0.500. The molecule has 1 unspecified atom stereocenters. The first-order valence-corrected chi connectivity index (χ1v) is 10.5. The van der Waals surface area contributed by atoms with E-state index in [0.29, 0.717) is 30.6 Å². The van der Waals surface area contributed by atoms with Crippen molar-refractivity contribution in [1.29, 1.82) is 0 Å². The lowest BCUT2D eigenvalue weighted by atomic mass is 9.92. The predicted octanol–water partition coefficient (Wildman–Crippen LogP) is 3.12. The van der Waals surface area contributed by atoms with E-state index in [9.17, 15) is 14.0 Å². The van der Waals surface area contributed by atoms with Gasteiger partial charge in [0.25, 0.3) is 5.91 Å². The number of amides is 2. The molecule has 2 saturated heterocycles. The van der Waals surface area contributed by atoms with E-state index in [1.54, 1.807) is 24.4 Å². The molecule has 1 atom stereocenters. The van der Waals surface area contributed by atoms with Crippen LogP contribution in [0.4, 0.5) is 4.39 Å². The standard InChI is InChI=1S/C22H27FN4O2/c23-19-8-2-1-6-16(19)9-10-20(28)27-13-5-7-17(15-27)21-18(14-24-25-21)22(29)26-11-3-4-12-26/h1-2,6,8,14,17H,3-5,7,9-13,15H2,(H,24,25). The second-order valence-electron chi connectivity index (χ2n) is 7.97. The van der Waals surface area contributed by atoms with E-state index in [1.807, 2.05) is 9.80 Å². The van der Waals surface area contributed by atoms with Crippen molar-refractivity contribution in [3.8, 4) is 0 Å². The Balaban J connectivity index is 1.40. The van der Waals surface area contributed by atoms with Crippen LogP contribution in [0, 0.1) is 5.82 Å². The summed E-state index contributed by atoms with van der Waals surface area (Å²) in [4.78, 5) is 29.3. The smallest absolute Gasteiger partial charge is 0.257 e. The Labute approximate surface area is 170 Å². The molecule has 1 N–H and O–H groups in total. The number of aromatic amines is 1. The van der Waals surface area contributed by atoms with Gasteiger partial charge >= 0.3 is 0 Å². The molecule has 2 aliphatic heterocycles. The lowest BCUT2D eigenvalue weighted by molar-refractivity contribution is -0.132. The number of hydrogen-bond acceptors (Lipinski definition) is 3. The molecule has 0 aliphatic carbocycles. The zero-order valence-electron chi connectivity index (χ0n) is 16.6. The van der Waals surface area contributed by atoms with Crippen LogP contribution in [0.1, 0.15) is 59.6 Å². The number of nitrogens with one attached hydrogen (secondary N) is 1. The summed E-state index contributed by atoms with van der Waals surface area (Å²) in [7, 11) is 0. The van der Waals surface area contributed by atoms with E-state index in [-0.39, 0.29) is 30.0 Å². The molecule has 3 heterocycles. The van der Waals surface area contributed by atoms with Gasteiger partial charge < -0.3 is 9.80 Å². The van der Waals surface area contributed by atoms with E-state index in [2.05, 4.69) is 10.2 Å². The maximum absolute atomic E-state index is 13.8. The summed E-state index contributed by atoms with van der Waals surface area (Å²) in [5.74, 6) is -0.122. The van der Waals surface area contributed by atoms with Crippen LogP contribution in [0.15, 0.2) is 30.5 Å². The van der Waals surface area contributed by atoms with Crippen molar-refractivity contribution in [2.45, 2.75) is 44.4 Å². The van der Waals surface area contributed by atoms with Gasteiger partial charge in [-0.2, -0.15) is 5.10 Å². The van der Waals surface area contributed by atoms with Crippen LogP contribution in [0.2, 0.25) is 0 Å². The van der Waals surface area contributed by atoms with Gasteiger partial charge in [0.1, 0.15) is 5.82 Å². The van der Waals surface area contributed by atoms with Gasteiger partial charge in [0, 0.05) is 38.5 Å². The monoisotopic (exact) mass is 398 g/mol. The minimum Gasteiger partial charge on any atom is -0.342 e. The van der Waals surface area contributed by atoms with Gasteiger partial charge in [0.2, 0.25) is 5.91 Å². The zero-order chi connectivity index (χ0) is 20.2. The van der Waals surface area contributed by atoms with Crippen molar-refractivity contribution in [1.82, 2.24) is 20.0 Å². The third kappa shape index (κ3) is 4.33. The number of aryl methyl sites for hydroxylation is 1. The first kappa shape index (κ1) is 19.6. The van der Waals surface area contributed by atoms with Gasteiger partial charge in [-0.3, -0.25) is 14.7 Å². The first-order valence-electron chi connectivity index (χ1n) is 10.5. The SMILES string of the molecule is O=C(CCc1ccccc1F)N1CCCC(c2[nH]ncc2C(=O)N2CCCC2)C1. The maximum Gasteiger partial charge on any atom is 0.257 e. The molecule has 0 saturated carbocycles. The number of benzene rings is 1. The molecule has 2 fully saturated rings. The van der Waals surface area contributed by atoms with Gasteiger partial charge in [-0.05, 0) is 43.7 Å². The summed E-state index contributed by atoms with van der Waals surface area (Å²) < 4.78 is 13.8. The average molecular weight is 398 g/mol. The predicted molar refractivity (Wildman–Crippen MR) is 107 cm³/mol. The van der Waals surface area contributed by atoms with E-state index < -0.39 is 0 Å². The highest BCUT2D eigenvalue weighted by molar-refractivity contribution is 5.95. The van der Waals surface area contributed by atoms with Crippen molar-refractivity contribution >= 4 is 11.8 Å². The molecule has 1 aromatic carbocycles. The normalized spacial score (nSPS) is 19.6. The van der Waals surface area contributed by atoms with Gasteiger partial charge in [-0.1, -0.05) is 18.2 Å². The molecule has 2 aliphatic rings. The molecule has 6 nitrogen and oxygen atoms in total. The summed E-state index contributed by atoms with van der Waals surface area (Å²) in [5.41, 5.74) is 2.05. The van der Waals surface area contributed by atoms with Crippen molar-refractivity contribution in [3.63, 3.8) is 0 Å². The molecule has 1 aromatic heterocycles. The number of H-pyrrole nitrogens is 1. The molecule has 2 aromatic rings. The van der Waals surface area contributed by atoms with Gasteiger partial charge in [0.05, 0.1) is 17.5 Å². The second kappa shape index (κ2) is 8.76. The Morgan fingerprint density at radius 1 is 1.10 bits per heavy atom. The van der Waals surface area contributed by atoms with Gasteiger partial charge in [-0.25, -0.2) is 4.39 Å². The van der Waals surface area contributed by atoms with Crippen LogP contribution in [0.25, 0.3) is 0 Å². The minimum atomic E-state index is -0.264. The van der Waals surface area contributed by atoms with Crippen molar-refractivity contribution in [3.05, 3.63) is 53.1 Å². The number of carbonyl (C=O) groups is 2. The summed E-state index contributed by atoms with van der Waals surface area (Å²) in [6.07, 6.45) is 6.20. The summed E-state index contributed by atoms with van der Waals surface area (Å²) in [6, 6.07) is 6.59. The Morgan fingerprint density at radius 2 is 1.86 bits per heavy atom. The quantitative estimate of drug-likeness (QED) is 0.841. The Kier molecular flexibility index (Phi) is 5.92. The van der Waals surface area contributed by atoms with Crippen LogP contribution < -0.4 is 0 Å². The highest BCUT2D eigenvalue weighted by atomic mass is 19.1. The fourth-order valence-corrected chi connectivity index (χ4v) is 4.41. The number of carbonyl (C=O) groups excluding carboxylic acids is 2. The number of likely N-dealkylation sites (tertiary alicyclic amines) is 2.